The Kier molecular flexibility index (Phi) is 5.19. The highest BCUT2D eigenvalue weighted by Gasteiger charge is 2.19. The number of hydrogen-bond acceptors (Lipinski definition) is 4. The minimum absolute atomic E-state index is 0.0468. The number of fused-ring (bicyclic) bond motifs is 1. The van der Waals surface area contributed by atoms with Crippen LogP contribution in [0.4, 0.5) is 0 Å². The molecule has 0 spiro atoms. The number of hydrogen-bond donors (Lipinski definition) is 0. The van der Waals surface area contributed by atoms with Crippen LogP contribution in [0.2, 0.25) is 0 Å². The first-order valence-electron chi connectivity index (χ1n) is 9.23. The van der Waals surface area contributed by atoms with E-state index in [1.807, 2.05) is 38.2 Å². The summed E-state index contributed by atoms with van der Waals surface area (Å²) in [7, 11) is 3.64. The summed E-state index contributed by atoms with van der Waals surface area (Å²) in [4.78, 5) is 19.0. The van der Waals surface area contributed by atoms with Crippen LogP contribution in [0, 0.1) is 6.92 Å². The Bertz CT molecular complexity index is 1160. The summed E-state index contributed by atoms with van der Waals surface area (Å²) < 4.78 is 4.33. The zero-order valence-corrected chi connectivity index (χ0v) is 18.1. The average molecular weight is 453 g/mol. The molecule has 1 amide bonds. The quantitative estimate of drug-likeness (QED) is 0.464. The first-order chi connectivity index (χ1) is 14.0. The number of amides is 1. The number of halogens is 1. The molecule has 0 atom stereocenters. The van der Waals surface area contributed by atoms with Crippen LogP contribution >= 0.6 is 15.9 Å². The normalized spacial score (nSPS) is 11.2. The van der Waals surface area contributed by atoms with Gasteiger partial charge < -0.3 is 4.90 Å². The molecule has 1 aromatic carbocycles. The predicted octanol–water partition coefficient (Wildman–Crippen LogP) is 3.56. The second kappa shape index (κ2) is 7.79. The average Bonchev–Trinajstić information content (AvgIpc) is 3.22. The lowest BCUT2D eigenvalue weighted by atomic mass is 10.0. The highest BCUT2D eigenvalue weighted by atomic mass is 79.9. The minimum Gasteiger partial charge on any atom is -0.338 e. The lowest BCUT2D eigenvalue weighted by Crippen LogP contribution is -2.31. The number of aromatic nitrogens is 5. The standard InChI is InChI=1S/C21H21BrN6O/c1-14-20-16(15-7-5-4-6-8-15)9-10-23-21(20)28(25-14)13-19(29)26(2)12-18-17(22)11-24-27(18)3/h4-11H,12-13H2,1-3H3. The van der Waals surface area contributed by atoms with Crippen molar-refractivity contribution in [1.29, 1.82) is 0 Å². The van der Waals surface area contributed by atoms with Crippen molar-refractivity contribution in [2.45, 2.75) is 20.0 Å². The molecule has 0 saturated carbocycles. The van der Waals surface area contributed by atoms with E-state index in [2.05, 4.69) is 43.2 Å². The number of pyridine rings is 1. The Hall–Kier alpha value is -3.00. The van der Waals surface area contributed by atoms with E-state index in [1.165, 1.54) is 0 Å². The second-order valence-electron chi connectivity index (χ2n) is 6.98. The molecule has 4 rings (SSSR count). The Balaban J connectivity index is 1.63. The molecule has 8 heteroatoms. The van der Waals surface area contributed by atoms with Crippen LogP contribution in [0.1, 0.15) is 11.4 Å². The van der Waals surface area contributed by atoms with Crippen molar-refractivity contribution in [2.24, 2.45) is 7.05 Å². The van der Waals surface area contributed by atoms with Gasteiger partial charge in [-0.15, -0.1) is 0 Å². The van der Waals surface area contributed by atoms with Crippen molar-refractivity contribution in [3.63, 3.8) is 0 Å². The van der Waals surface area contributed by atoms with Crippen molar-refractivity contribution in [1.82, 2.24) is 29.4 Å². The summed E-state index contributed by atoms with van der Waals surface area (Å²) in [6.07, 6.45) is 3.50. The lowest BCUT2D eigenvalue weighted by Gasteiger charge is -2.17. The second-order valence-corrected chi connectivity index (χ2v) is 7.83. The van der Waals surface area contributed by atoms with E-state index in [0.717, 1.165) is 32.4 Å². The van der Waals surface area contributed by atoms with Gasteiger partial charge in [-0.25, -0.2) is 9.67 Å². The van der Waals surface area contributed by atoms with Gasteiger partial charge in [0.2, 0.25) is 5.91 Å². The van der Waals surface area contributed by atoms with E-state index in [1.54, 1.807) is 33.7 Å². The number of nitrogens with zero attached hydrogens (tertiary/aromatic N) is 6. The molecule has 7 nitrogen and oxygen atoms in total. The van der Waals surface area contributed by atoms with Gasteiger partial charge in [-0.1, -0.05) is 30.3 Å². The number of benzene rings is 1. The monoisotopic (exact) mass is 452 g/mol. The number of aryl methyl sites for hydroxylation is 2. The van der Waals surface area contributed by atoms with Gasteiger partial charge in [-0.05, 0) is 40.0 Å². The van der Waals surface area contributed by atoms with Gasteiger partial charge in [0.1, 0.15) is 6.54 Å². The third-order valence-corrected chi connectivity index (χ3v) is 5.66. The Morgan fingerprint density at radius 1 is 1.21 bits per heavy atom. The van der Waals surface area contributed by atoms with Gasteiger partial charge in [-0.3, -0.25) is 9.48 Å². The topological polar surface area (TPSA) is 68.8 Å². The van der Waals surface area contributed by atoms with E-state index in [0.29, 0.717) is 12.2 Å². The zero-order chi connectivity index (χ0) is 20.5. The number of carbonyl (C=O) groups is 1. The summed E-state index contributed by atoms with van der Waals surface area (Å²) in [5.74, 6) is -0.0468. The molecule has 0 radical (unpaired) electrons. The molecule has 3 heterocycles. The molecule has 3 aromatic heterocycles. The molecular weight excluding hydrogens is 432 g/mol. The molecule has 0 saturated heterocycles. The summed E-state index contributed by atoms with van der Waals surface area (Å²) in [6, 6.07) is 12.1. The maximum absolute atomic E-state index is 12.9. The van der Waals surface area contributed by atoms with Gasteiger partial charge >= 0.3 is 0 Å². The van der Waals surface area contributed by atoms with Gasteiger partial charge in [-0.2, -0.15) is 10.2 Å². The number of likely N-dealkylation sites (N-methyl/N-ethyl adjacent to an activating group) is 1. The van der Waals surface area contributed by atoms with Crippen LogP contribution in [0.25, 0.3) is 22.2 Å². The largest absolute Gasteiger partial charge is 0.338 e. The Morgan fingerprint density at radius 2 is 1.97 bits per heavy atom. The van der Waals surface area contributed by atoms with Crippen molar-refractivity contribution in [3.8, 4) is 11.1 Å². The fourth-order valence-corrected chi connectivity index (χ4v) is 3.90. The highest BCUT2D eigenvalue weighted by molar-refractivity contribution is 9.10. The molecule has 0 fully saturated rings. The molecule has 0 aliphatic rings. The third-order valence-electron chi connectivity index (χ3n) is 5.00. The molecule has 0 unspecified atom stereocenters. The smallest absolute Gasteiger partial charge is 0.244 e. The predicted molar refractivity (Wildman–Crippen MR) is 115 cm³/mol. The number of carbonyl (C=O) groups excluding carboxylic acids is 1. The molecule has 29 heavy (non-hydrogen) atoms. The number of rotatable bonds is 5. The lowest BCUT2D eigenvalue weighted by molar-refractivity contribution is -0.131. The molecule has 0 N–H and O–H groups in total. The molecular formula is C21H21BrN6O. The van der Waals surface area contributed by atoms with Crippen LogP contribution in [0.5, 0.6) is 0 Å². The maximum atomic E-state index is 12.9. The van der Waals surface area contributed by atoms with Crippen molar-refractivity contribution in [3.05, 3.63) is 64.7 Å². The third kappa shape index (κ3) is 3.67. The molecule has 0 aliphatic carbocycles. The first kappa shape index (κ1) is 19.3. The molecule has 0 bridgehead atoms. The van der Waals surface area contributed by atoms with Crippen molar-refractivity contribution >= 4 is 32.9 Å². The fraction of sp³-hybridized carbons (Fsp3) is 0.238. The molecule has 4 aromatic rings. The van der Waals surface area contributed by atoms with E-state index in [4.69, 9.17) is 0 Å². The van der Waals surface area contributed by atoms with Gasteiger partial charge in [0, 0.05) is 25.7 Å². The van der Waals surface area contributed by atoms with Crippen LogP contribution < -0.4 is 0 Å². The highest BCUT2D eigenvalue weighted by Crippen LogP contribution is 2.29. The molecule has 0 aliphatic heterocycles. The van der Waals surface area contributed by atoms with Crippen molar-refractivity contribution < 1.29 is 4.79 Å². The Labute approximate surface area is 177 Å². The summed E-state index contributed by atoms with van der Waals surface area (Å²) >= 11 is 3.48. The maximum Gasteiger partial charge on any atom is 0.244 e. The van der Waals surface area contributed by atoms with Gasteiger partial charge in [0.15, 0.2) is 5.65 Å². The minimum atomic E-state index is -0.0468. The fourth-order valence-electron chi connectivity index (χ4n) is 3.43. The van der Waals surface area contributed by atoms with Gasteiger partial charge in [0.05, 0.1) is 28.6 Å². The molecule has 148 valence electrons. The van der Waals surface area contributed by atoms with Crippen LogP contribution in [-0.4, -0.2) is 42.4 Å². The van der Waals surface area contributed by atoms with Crippen LogP contribution in [0.3, 0.4) is 0 Å². The summed E-state index contributed by atoms with van der Waals surface area (Å²) in [5.41, 5.74) is 4.68. The van der Waals surface area contributed by atoms with Gasteiger partial charge in [0.25, 0.3) is 0 Å². The van der Waals surface area contributed by atoms with E-state index < -0.39 is 0 Å². The Morgan fingerprint density at radius 3 is 2.66 bits per heavy atom. The van der Waals surface area contributed by atoms with E-state index >= 15 is 0 Å². The van der Waals surface area contributed by atoms with Crippen LogP contribution in [0.15, 0.2) is 53.3 Å². The van der Waals surface area contributed by atoms with Crippen molar-refractivity contribution in [2.75, 3.05) is 7.05 Å². The van der Waals surface area contributed by atoms with Crippen LogP contribution in [-0.2, 0) is 24.9 Å². The van der Waals surface area contributed by atoms with E-state index in [9.17, 15) is 4.79 Å². The van der Waals surface area contributed by atoms with E-state index in [-0.39, 0.29) is 12.5 Å². The zero-order valence-electron chi connectivity index (χ0n) is 16.5. The SMILES string of the molecule is Cc1nn(CC(=O)N(C)Cc2c(Br)cnn2C)c2nccc(-c3ccccc3)c12. The summed E-state index contributed by atoms with van der Waals surface area (Å²) in [6.45, 7) is 2.53. The summed E-state index contributed by atoms with van der Waals surface area (Å²) in [5, 5.41) is 9.79. The first-order valence-corrected chi connectivity index (χ1v) is 10.0.